The zero-order valence-electron chi connectivity index (χ0n) is 12.5. The molecule has 0 unspecified atom stereocenters. The highest BCUT2D eigenvalue weighted by Gasteiger charge is 2.08. The Morgan fingerprint density at radius 2 is 2.00 bits per heavy atom. The first-order chi connectivity index (χ1) is 9.08. The Bertz CT molecular complexity index is 459. The van der Waals surface area contributed by atoms with Gasteiger partial charge >= 0.3 is 0 Å². The Hall–Kier alpha value is -1.77. The Morgan fingerprint density at radius 1 is 1.32 bits per heavy atom. The first kappa shape index (κ1) is 15.3. The van der Waals surface area contributed by atoms with Gasteiger partial charge in [0.25, 0.3) is 0 Å². The van der Waals surface area contributed by atoms with Crippen LogP contribution in [0, 0.1) is 0 Å². The highest BCUT2D eigenvalue weighted by Crippen LogP contribution is 2.26. The van der Waals surface area contributed by atoms with Gasteiger partial charge < -0.3 is 10.6 Å². The largest absolute Gasteiger partial charge is 0.384 e. The summed E-state index contributed by atoms with van der Waals surface area (Å²) >= 11 is 0. The Morgan fingerprint density at radius 3 is 2.58 bits per heavy atom. The molecule has 0 saturated heterocycles. The lowest BCUT2D eigenvalue weighted by Crippen LogP contribution is -2.12. The van der Waals surface area contributed by atoms with E-state index in [1.807, 2.05) is 12.1 Å². The van der Waals surface area contributed by atoms with Crippen LogP contribution < -0.4 is 5.73 Å². The predicted molar refractivity (Wildman–Crippen MR) is 83.6 cm³/mol. The van der Waals surface area contributed by atoms with E-state index in [9.17, 15) is 0 Å². The molecule has 0 saturated carbocycles. The first-order valence-electron chi connectivity index (χ1n) is 6.88. The number of nitrogens with zero attached hydrogens (tertiary/aromatic N) is 2. The van der Waals surface area contributed by atoms with Gasteiger partial charge in [0.2, 0.25) is 0 Å². The molecule has 1 heterocycles. The summed E-state index contributed by atoms with van der Waals surface area (Å²) in [6.45, 7) is 4.25. The number of nitrogens with two attached hydrogens (primary N) is 1. The number of hydrogen-bond donors (Lipinski definition) is 1. The van der Waals surface area contributed by atoms with Gasteiger partial charge in [-0.05, 0) is 42.2 Å². The molecular formula is C16H25N3. The van der Waals surface area contributed by atoms with Gasteiger partial charge in [0, 0.05) is 26.0 Å². The maximum Gasteiger partial charge on any atom is 0.123 e. The van der Waals surface area contributed by atoms with Crippen LogP contribution in [0.5, 0.6) is 0 Å². The fourth-order valence-electron chi connectivity index (χ4n) is 1.87. The summed E-state index contributed by atoms with van der Waals surface area (Å²) in [4.78, 5) is 6.17. The van der Waals surface area contributed by atoms with E-state index in [4.69, 9.17) is 5.73 Å². The molecule has 1 aromatic heterocycles. The molecule has 0 aliphatic heterocycles. The van der Waals surface area contributed by atoms with Crippen molar-refractivity contribution in [2.24, 2.45) is 0 Å². The molecular weight excluding hydrogens is 234 g/mol. The normalized spacial score (nSPS) is 13.9. The third-order valence-electron chi connectivity index (χ3n) is 2.78. The lowest BCUT2D eigenvalue weighted by molar-refractivity contribution is 0.487. The van der Waals surface area contributed by atoms with Crippen LogP contribution in [-0.2, 0) is 0 Å². The van der Waals surface area contributed by atoms with E-state index in [0.29, 0.717) is 5.82 Å². The van der Waals surface area contributed by atoms with Crippen molar-refractivity contribution in [3.63, 3.8) is 0 Å². The van der Waals surface area contributed by atoms with E-state index >= 15 is 0 Å². The SMILES string of the molecule is CCC.CN(C)C1=CC(c2ccnc(N)c2)=CCC1. The molecule has 0 spiro atoms. The molecule has 1 aliphatic rings. The lowest BCUT2D eigenvalue weighted by Gasteiger charge is -2.21. The van der Waals surface area contributed by atoms with Crippen molar-refractivity contribution in [3.8, 4) is 0 Å². The van der Waals surface area contributed by atoms with Crippen LogP contribution in [0.4, 0.5) is 5.82 Å². The molecule has 0 atom stereocenters. The van der Waals surface area contributed by atoms with Gasteiger partial charge in [-0.3, -0.25) is 0 Å². The maximum absolute atomic E-state index is 5.69. The summed E-state index contributed by atoms with van der Waals surface area (Å²) in [6.07, 6.45) is 9.67. The van der Waals surface area contributed by atoms with Gasteiger partial charge in [0.05, 0.1) is 0 Å². The second kappa shape index (κ2) is 7.62. The van der Waals surface area contributed by atoms with Crippen LogP contribution in [0.15, 0.2) is 36.2 Å². The fraction of sp³-hybridized carbons (Fsp3) is 0.438. The van der Waals surface area contributed by atoms with E-state index in [1.165, 1.54) is 17.7 Å². The molecule has 0 radical (unpaired) electrons. The minimum Gasteiger partial charge on any atom is -0.384 e. The summed E-state index contributed by atoms with van der Waals surface area (Å²) < 4.78 is 0. The topological polar surface area (TPSA) is 42.2 Å². The van der Waals surface area contributed by atoms with Crippen LogP contribution in [0.3, 0.4) is 0 Å². The highest BCUT2D eigenvalue weighted by atomic mass is 15.1. The van der Waals surface area contributed by atoms with Gasteiger partial charge in [-0.25, -0.2) is 4.98 Å². The van der Waals surface area contributed by atoms with E-state index in [1.54, 1.807) is 6.20 Å². The first-order valence-corrected chi connectivity index (χ1v) is 6.88. The molecule has 2 N–H and O–H groups in total. The average Bonchev–Trinajstić information content (AvgIpc) is 2.40. The second-order valence-electron chi connectivity index (χ2n) is 4.90. The Labute approximate surface area is 116 Å². The van der Waals surface area contributed by atoms with Crippen LogP contribution in [0.1, 0.15) is 38.7 Å². The summed E-state index contributed by atoms with van der Waals surface area (Å²) in [6, 6.07) is 3.91. The zero-order chi connectivity index (χ0) is 14.3. The monoisotopic (exact) mass is 259 g/mol. The van der Waals surface area contributed by atoms with Gasteiger partial charge in [-0.15, -0.1) is 0 Å². The fourth-order valence-corrected chi connectivity index (χ4v) is 1.87. The second-order valence-corrected chi connectivity index (χ2v) is 4.90. The van der Waals surface area contributed by atoms with Crippen LogP contribution in [0.2, 0.25) is 0 Å². The number of pyridine rings is 1. The molecule has 0 bridgehead atoms. The Balaban J connectivity index is 0.000000550. The Kier molecular flexibility index (Phi) is 6.13. The van der Waals surface area contributed by atoms with Gasteiger partial charge in [-0.1, -0.05) is 26.3 Å². The molecule has 0 amide bonds. The molecule has 0 aromatic carbocycles. The maximum atomic E-state index is 5.69. The number of anilines is 1. The van der Waals surface area contributed by atoms with Crippen molar-refractivity contribution < 1.29 is 0 Å². The molecule has 1 aromatic rings. The van der Waals surface area contributed by atoms with Crippen molar-refractivity contribution in [3.05, 3.63) is 41.7 Å². The van der Waals surface area contributed by atoms with Gasteiger partial charge in [0.15, 0.2) is 0 Å². The number of rotatable bonds is 2. The van der Waals surface area contributed by atoms with E-state index in [0.717, 1.165) is 18.4 Å². The summed E-state index contributed by atoms with van der Waals surface area (Å²) in [7, 11) is 4.16. The van der Waals surface area contributed by atoms with Crippen LogP contribution in [0.25, 0.3) is 5.57 Å². The highest BCUT2D eigenvalue weighted by molar-refractivity contribution is 5.76. The molecule has 3 heteroatoms. The van der Waals surface area contributed by atoms with Gasteiger partial charge in [-0.2, -0.15) is 0 Å². The third kappa shape index (κ3) is 4.78. The van der Waals surface area contributed by atoms with Crippen molar-refractivity contribution in [2.45, 2.75) is 33.1 Å². The quantitative estimate of drug-likeness (QED) is 0.880. The van der Waals surface area contributed by atoms with Crippen molar-refractivity contribution in [2.75, 3.05) is 19.8 Å². The molecule has 1 aliphatic carbocycles. The third-order valence-corrected chi connectivity index (χ3v) is 2.78. The number of allylic oxidation sites excluding steroid dienone is 4. The summed E-state index contributed by atoms with van der Waals surface area (Å²) in [5.74, 6) is 0.573. The summed E-state index contributed by atoms with van der Waals surface area (Å²) in [5, 5.41) is 0. The molecule has 2 rings (SSSR count). The average molecular weight is 259 g/mol. The summed E-state index contributed by atoms with van der Waals surface area (Å²) in [5.41, 5.74) is 9.43. The molecule has 104 valence electrons. The van der Waals surface area contributed by atoms with Gasteiger partial charge in [0.1, 0.15) is 5.82 Å². The van der Waals surface area contributed by atoms with Crippen LogP contribution in [-0.4, -0.2) is 24.0 Å². The van der Waals surface area contributed by atoms with E-state index < -0.39 is 0 Å². The predicted octanol–water partition coefficient (Wildman–Crippen LogP) is 3.70. The zero-order valence-corrected chi connectivity index (χ0v) is 12.5. The van der Waals surface area contributed by atoms with E-state index in [-0.39, 0.29) is 0 Å². The number of hydrogen-bond acceptors (Lipinski definition) is 3. The van der Waals surface area contributed by atoms with Crippen molar-refractivity contribution in [1.82, 2.24) is 9.88 Å². The smallest absolute Gasteiger partial charge is 0.123 e. The number of aromatic nitrogens is 1. The lowest BCUT2D eigenvalue weighted by atomic mass is 9.98. The van der Waals surface area contributed by atoms with E-state index in [2.05, 4.69) is 50.0 Å². The van der Waals surface area contributed by atoms with Crippen molar-refractivity contribution in [1.29, 1.82) is 0 Å². The molecule has 19 heavy (non-hydrogen) atoms. The molecule has 0 fully saturated rings. The van der Waals surface area contributed by atoms with Crippen molar-refractivity contribution >= 4 is 11.4 Å². The minimum absolute atomic E-state index is 0.573. The molecule has 3 nitrogen and oxygen atoms in total. The minimum atomic E-state index is 0.573. The standard InChI is InChI=1S/C13H17N3.C3H8/c1-16(2)12-5-3-4-10(8-12)11-6-7-15-13(14)9-11;1-3-2/h4,6-9H,3,5H2,1-2H3,(H2,14,15);3H2,1-2H3. The number of nitrogen functional groups attached to an aromatic ring is 1. The van der Waals surface area contributed by atoms with Crippen LogP contribution >= 0.6 is 0 Å².